The minimum Gasteiger partial charge on any atom is -0.207 e. The van der Waals surface area contributed by atoms with Crippen molar-refractivity contribution in [3.8, 4) is 0 Å². The van der Waals surface area contributed by atoms with Crippen molar-refractivity contribution in [1.29, 1.82) is 0 Å². The Balaban J connectivity index is 3.24. The molecule has 0 nitrogen and oxygen atoms in total. The quantitative estimate of drug-likeness (QED) is 0.697. The number of halogens is 2. The molecule has 0 N–H and O–H groups in total. The van der Waals surface area contributed by atoms with Crippen molar-refractivity contribution in [2.24, 2.45) is 0 Å². The zero-order chi connectivity index (χ0) is 11.6. The first-order valence-corrected chi connectivity index (χ1v) is 5.71. The summed E-state index contributed by atoms with van der Waals surface area (Å²) >= 11 is 0. The smallest absolute Gasteiger partial charge is 0.130 e. The van der Waals surface area contributed by atoms with Crippen molar-refractivity contribution >= 4 is 14.5 Å². The molecule has 1 aromatic rings. The Hall–Kier alpha value is -0.490. The van der Waals surface area contributed by atoms with Gasteiger partial charge in [0.15, 0.2) is 0 Å². The van der Waals surface area contributed by atoms with Crippen LogP contribution in [0, 0.1) is 11.6 Å². The van der Waals surface area contributed by atoms with Crippen molar-refractivity contribution in [2.75, 3.05) is 0 Å². The van der Waals surface area contributed by atoms with Gasteiger partial charge in [0.25, 0.3) is 0 Å². The van der Waals surface area contributed by atoms with Gasteiger partial charge in [-0.3, -0.25) is 0 Å². The normalized spacial score (nSPS) is 11.9. The van der Waals surface area contributed by atoms with Crippen LogP contribution < -0.4 is 5.30 Å². The molecule has 0 aliphatic heterocycles. The van der Waals surface area contributed by atoms with Gasteiger partial charge in [0.2, 0.25) is 0 Å². The molecule has 1 unspecified atom stereocenters. The Morgan fingerprint density at radius 1 is 1.27 bits per heavy atom. The second-order valence-corrected chi connectivity index (χ2v) is 5.11. The molecular formula is C12H17F2P. The van der Waals surface area contributed by atoms with Crippen molar-refractivity contribution < 1.29 is 8.78 Å². The first kappa shape index (κ1) is 12.6. The molecule has 0 aliphatic carbocycles. The van der Waals surface area contributed by atoms with Crippen molar-refractivity contribution in [3.63, 3.8) is 0 Å². The molecule has 0 saturated heterocycles. The molecule has 1 rings (SSSR count). The van der Waals surface area contributed by atoms with Gasteiger partial charge in [-0.1, -0.05) is 27.2 Å². The molecule has 0 aromatic heterocycles. The van der Waals surface area contributed by atoms with Crippen LogP contribution in [-0.4, -0.2) is 0 Å². The Kier molecular flexibility index (Phi) is 3.83. The van der Waals surface area contributed by atoms with Crippen LogP contribution in [0.2, 0.25) is 0 Å². The highest BCUT2D eigenvalue weighted by Crippen LogP contribution is 2.30. The number of hydrogen-bond acceptors (Lipinski definition) is 0. The fourth-order valence-corrected chi connectivity index (χ4v) is 2.75. The Morgan fingerprint density at radius 2 is 1.87 bits per heavy atom. The van der Waals surface area contributed by atoms with Crippen LogP contribution in [0.4, 0.5) is 8.78 Å². The summed E-state index contributed by atoms with van der Waals surface area (Å²) in [4.78, 5) is 0. The molecule has 0 spiro atoms. The van der Waals surface area contributed by atoms with Crippen molar-refractivity contribution in [3.05, 3.63) is 29.3 Å². The summed E-state index contributed by atoms with van der Waals surface area (Å²) in [6, 6.07) is 2.32. The summed E-state index contributed by atoms with van der Waals surface area (Å²) < 4.78 is 26.6. The number of hydrogen-bond donors (Lipinski definition) is 0. The van der Waals surface area contributed by atoms with E-state index < -0.39 is 11.6 Å². The molecule has 1 atom stereocenters. The van der Waals surface area contributed by atoms with E-state index in [0.29, 0.717) is 10.9 Å². The van der Waals surface area contributed by atoms with Crippen molar-refractivity contribution in [1.82, 2.24) is 0 Å². The third kappa shape index (κ3) is 2.75. The van der Waals surface area contributed by atoms with E-state index >= 15 is 0 Å². The fourth-order valence-electron chi connectivity index (χ4n) is 2.06. The molecule has 3 heteroatoms. The van der Waals surface area contributed by atoms with Gasteiger partial charge in [0.05, 0.1) is 0 Å². The average Bonchev–Trinajstić information content (AvgIpc) is 1.99. The monoisotopic (exact) mass is 230 g/mol. The number of benzene rings is 1. The van der Waals surface area contributed by atoms with Gasteiger partial charge in [0, 0.05) is 11.6 Å². The van der Waals surface area contributed by atoms with Gasteiger partial charge in [0.1, 0.15) is 11.6 Å². The summed E-state index contributed by atoms with van der Waals surface area (Å²) in [6.07, 6.45) is 1.87. The van der Waals surface area contributed by atoms with Gasteiger partial charge >= 0.3 is 0 Å². The third-order valence-electron chi connectivity index (χ3n) is 2.64. The van der Waals surface area contributed by atoms with Crippen LogP contribution in [0.3, 0.4) is 0 Å². The van der Waals surface area contributed by atoms with E-state index in [4.69, 9.17) is 0 Å². The minimum atomic E-state index is -0.520. The first-order chi connectivity index (χ1) is 6.88. The Labute approximate surface area is 92.3 Å². The molecule has 15 heavy (non-hydrogen) atoms. The molecule has 1 aromatic carbocycles. The lowest BCUT2D eigenvalue weighted by molar-refractivity contribution is 0.445. The lowest BCUT2D eigenvalue weighted by atomic mass is 9.80. The highest BCUT2D eigenvalue weighted by atomic mass is 31.0. The average molecular weight is 230 g/mol. The highest BCUT2D eigenvalue weighted by Gasteiger charge is 2.25. The van der Waals surface area contributed by atoms with E-state index in [1.165, 1.54) is 6.07 Å². The van der Waals surface area contributed by atoms with Crippen LogP contribution in [0.5, 0.6) is 0 Å². The lowest BCUT2D eigenvalue weighted by Gasteiger charge is -2.27. The van der Waals surface area contributed by atoms with E-state index in [0.717, 1.165) is 18.9 Å². The Bertz CT molecular complexity index is 336. The summed E-state index contributed by atoms with van der Waals surface area (Å²) in [6.45, 7) is 6.03. The Morgan fingerprint density at radius 3 is 2.33 bits per heavy atom. The summed E-state index contributed by atoms with van der Waals surface area (Å²) in [5, 5.41) is 0.617. The maximum Gasteiger partial charge on any atom is 0.130 e. The molecule has 0 amide bonds. The molecule has 0 saturated carbocycles. The maximum atomic E-state index is 13.7. The van der Waals surface area contributed by atoms with E-state index in [2.05, 4.69) is 16.2 Å². The zero-order valence-electron chi connectivity index (χ0n) is 9.40. The van der Waals surface area contributed by atoms with Crippen LogP contribution in [-0.2, 0) is 5.41 Å². The lowest BCUT2D eigenvalue weighted by Crippen LogP contribution is -2.25. The van der Waals surface area contributed by atoms with Gasteiger partial charge in [-0.25, -0.2) is 8.78 Å². The van der Waals surface area contributed by atoms with E-state index in [1.54, 1.807) is 0 Å². The molecule has 0 radical (unpaired) electrons. The first-order valence-electron chi connectivity index (χ1n) is 5.13. The predicted molar refractivity (Wildman–Crippen MR) is 63.6 cm³/mol. The second kappa shape index (κ2) is 4.57. The van der Waals surface area contributed by atoms with Crippen LogP contribution in [0.15, 0.2) is 12.1 Å². The predicted octanol–water partition coefficient (Wildman–Crippen LogP) is 3.54. The van der Waals surface area contributed by atoms with Gasteiger partial charge in [-0.15, -0.1) is 9.24 Å². The standard InChI is InChI=1S/C12H17F2P/c1-4-5-12(2,3)11-9(14)6-8(13)7-10(11)15/h6-7H,4-5,15H2,1-3H3. The highest BCUT2D eigenvalue weighted by molar-refractivity contribution is 7.27. The van der Waals surface area contributed by atoms with E-state index in [-0.39, 0.29) is 5.41 Å². The van der Waals surface area contributed by atoms with Gasteiger partial charge in [-0.05, 0) is 23.2 Å². The molecule has 0 fully saturated rings. The van der Waals surface area contributed by atoms with E-state index in [9.17, 15) is 8.78 Å². The fraction of sp³-hybridized carbons (Fsp3) is 0.500. The van der Waals surface area contributed by atoms with Crippen LogP contribution in [0.25, 0.3) is 0 Å². The molecular weight excluding hydrogens is 213 g/mol. The van der Waals surface area contributed by atoms with Crippen molar-refractivity contribution in [2.45, 2.75) is 39.0 Å². The SMILES string of the molecule is CCCC(C)(C)c1c(F)cc(F)cc1P. The molecule has 0 bridgehead atoms. The molecule has 84 valence electrons. The summed E-state index contributed by atoms with van der Waals surface area (Å²) in [7, 11) is 2.41. The molecule has 0 aliphatic rings. The zero-order valence-corrected chi connectivity index (χ0v) is 10.6. The summed E-state index contributed by atoms with van der Waals surface area (Å²) in [5.41, 5.74) is 0.361. The third-order valence-corrected chi connectivity index (χ3v) is 3.09. The van der Waals surface area contributed by atoms with Gasteiger partial charge < -0.3 is 0 Å². The largest absolute Gasteiger partial charge is 0.207 e. The second-order valence-electron chi connectivity index (χ2n) is 4.49. The number of rotatable bonds is 3. The van der Waals surface area contributed by atoms with Gasteiger partial charge in [-0.2, -0.15) is 0 Å². The van der Waals surface area contributed by atoms with E-state index in [1.807, 2.05) is 13.8 Å². The van der Waals surface area contributed by atoms with Crippen LogP contribution >= 0.6 is 9.24 Å². The summed E-state index contributed by atoms with van der Waals surface area (Å²) in [5.74, 6) is -0.966. The van der Waals surface area contributed by atoms with Crippen LogP contribution in [0.1, 0.15) is 39.2 Å². The molecule has 0 heterocycles. The maximum absolute atomic E-state index is 13.7. The topological polar surface area (TPSA) is 0 Å². The minimum absolute atomic E-state index is 0.246.